The maximum Gasteiger partial charge on any atom is 0.274 e. The van der Waals surface area contributed by atoms with Gasteiger partial charge in [0.2, 0.25) is 0 Å². The van der Waals surface area contributed by atoms with Crippen molar-refractivity contribution in [1.29, 1.82) is 0 Å². The summed E-state index contributed by atoms with van der Waals surface area (Å²) in [6, 6.07) is 9.90. The van der Waals surface area contributed by atoms with E-state index in [1.165, 1.54) is 18.4 Å². The third-order valence-corrected chi connectivity index (χ3v) is 4.63. The zero-order valence-corrected chi connectivity index (χ0v) is 14.7. The molecule has 1 saturated heterocycles. The van der Waals surface area contributed by atoms with Crippen molar-refractivity contribution in [3.05, 3.63) is 53.3 Å². The molecule has 2 aromatic rings. The number of carbonyl (C=O) groups excluding carboxylic acids is 1. The van der Waals surface area contributed by atoms with Gasteiger partial charge >= 0.3 is 0 Å². The molecule has 0 aliphatic carbocycles. The minimum absolute atomic E-state index is 0.158. The van der Waals surface area contributed by atoms with Crippen LogP contribution in [0.25, 0.3) is 0 Å². The van der Waals surface area contributed by atoms with E-state index in [0.717, 1.165) is 30.0 Å². The molecule has 1 atom stereocenters. The van der Waals surface area contributed by atoms with Crippen LogP contribution >= 0.6 is 0 Å². The quantitative estimate of drug-likeness (QED) is 0.921. The molecule has 3 rings (SSSR count). The SMILES string of the molecule is Cc1ccc(NC(=O)c2cc(N3CCCC(C)C3)ccn2)c(C)c1. The minimum atomic E-state index is -0.158. The summed E-state index contributed by atoms with van der Waals surface area (Å²) in [6.07, 6.45) is 4.21. The molecule has 1 amide bonds. The molecule has 0 radical (unpaired) electrons. The molecule has 126 valence electrons. The molecular weight excluding hydrogens is 298 g/mol. The van der Waals surface area contributed by atoms with Crippen molar-refractivity contribution >= 4 is 17.3 Å². The van der Waals surface area contributed by atoms with E-state index in [9.17, 15) is 4.79 Å². The highest BCUT2D eigenvalue weighted by atomic mass is 16.1. The van der Waals surface area contributed by atoms with Crippen LogP contribution in [0.4, 0.5) is 11.4 Å². The number of anilines is 2. The Morgan fingerprint density at radius 3 is 2.83 bits per heavy atom. The van der Waals surface area contributed by atoms with Crippen molar-refractivity contribution < 1.29 is 4.79 Å². The number of aryl methyl sites for hydroxylation is 2. The molecule has 1 N–H and O–H groups in total. The van der Waals surface area contributed by atoms with Crippen LogP contribution in [-0.4, -0.2) is 24.0 Å². The van der Waals surface area contributed by atoms with Crippen molar-refractivity contribution in [1.82, 2.24) is 4.98 Å². The van der Waals surface area contributed by atoms with Crippen molar-refractivity contribution in [2.45, 2.75) is 33.6 Å². The maximum absolute atomic E-state index is 12.6. The van der Waals surface area contributed by atoms with Crippen LogP contribution in [0.15, 0.2) is 36.5 Å². The lowest BCUT2D eigenvalue weighted by Crippen LogP contribution is -2.34. The fourth-order valence-electron chi connectivity index (χ4n) is 3.30. The van der Waals surface area contributed by atoms with Gasteiger partial charge in [0.1, 0.15) is 5.69 Å². The molecule has 0 spiro atoms. The Balaban J connectivity index is 1.76. The van der Waals surface area contributed by atoms with E-state index in [4.69, 9.17) is 0 Å². The summed E-state index contributed by atoms with van der Waals surface area (Å²) >= 11 is 0. The summed E-state index contributed by atoms with van der Waals surface area (Å²) < 4.78 is 0. The number of nitrogens with zero attached hydrogens (tertiary/aromatic N) is 2. The highest BCUT2D eigenvalue weighted by Crippen LogP contribution is 2.23. The number of aromatic nitrogens is 1. The summed E-state index contributed by atoms with van der Waals surface area (Å²) in [5.74, 6) is 0.535. The number of piperidine rings is 1. The van der Waals surface area contributed by atoms with Gasteiger partial charge in [-0.1, -0.05) is 24.6 Å². The third kappa shape index (κ3) is 3.75. The van der Waals surface area contributed by atoms with E-state index in [1.54, 1.807) is 6.20 Å². The average Bonchev–Trinajstić information content (AvgIpc) is 2.57. The van der Waals surface area contributed by atoms with Crippen molar-refractivity contribution in [2.24, 2.45) is 5.92 Å². The molecule has 1 unspecified atom stereocenters. The Hall–Kier alpha value is -2.36. The monoisotopic (exact) mass is 323 g/mol. The highest BCUT2D eigenvalue weighted by Gasteiger charge is 2.18. The van der Waals surface area contributed by atoms with Gasteiger partial charge in [0.05, 0.1) is 0 Å². The van der Waals surface area contributed by atoms with Crippen molar-refractivity contribution in [3.8, 4) is 0 Å². The zero-order chi connectivity index (χ0) is 17.1. The van der Waals surface area contributed by atoms with Crippen molar-refractivity contribution in [2.75, 3.05) is 23.3 Å². The number of rotatable bonds is 3. The number of carbonyl (C=O) groups is 1. The lowest BCUT2D eigenvalue weighted by molar-refractivity contribution is 0.102. The van der Waals surface area contributed by atoms with Gasteiger partial charge in [-0.2, -0.15) is 0 Å². The molecule has 0 bridgehead atoms. The number of nitrogens with one attached hydrogen (secondary N) is 1. The lowest BCUT2D eigenvalue weighted by Gasteiger charge is -2.32. The first-order valence-electron chi connectivity index (χ1n) is 8.62. The Kier molecular flexibility index (Phi) is 4.84. The van der Waals surface area contributed by atoms with E-state index in [-0.39, 0.29) is 5.91 Å². The van der Waals surface area contributed by atoms with E-state index in [2.05, 4.69) is 28.2 Å². The van der Waals surface area contributed by atoms with Crippen LogP contribution in [0, 0.1) is 19.8 Å². The predicted molar refractivity (Wildman–Crippen MR) is 98.7 cm³/mol. The number of hydrogen-bond donors (Lipinski definition) is 1. The molecular formula is C20H25N3O. The Labute approximate surface area is 143 Å². The normalized spacial score (nSPS) is 17.6. The second kappa shape index (κ2) is 7.04. The molecule has 1 fully saturated rings. The predicted octanol–water partition coefficient (Wildman–Crippen LogP) is 4.19. The summed E-state index contributed by atoms with van der Waals surface area (Å²) in [4.78, 5) is 19.2. The van der Waals surface area contributed by atoms with Crippen LogP contribution < -0.4 is 10.2 Å². The number of amides is 1. The first kappa shape index (κ1) is 16.5. The molecule has 0 saturated carbocycles. The first-order chi connectivity index (χ1) is 11.5. The first-order valence-corrected chi connectivity index (χ1v) is 8.62. The Bertz CT molecular complexity index is 741. The van der Waals surface area contributed by atoms with Gasteiger partial charge in [0.25, 0.3) is 5.91 Å². The minimum Gasteiger partial charge on any atom is -0.371 e. The second-order valence-corrected chi connectivity index (χ2v) is 6.87. The molecule has 4 heteroatoms. The largest absolute Gasteiger partial charge is 0.371 e. The molecule has 1 aromatic heterocycles. The van der Waals surface area contributed by atoms with E-state index in [1.807, 2.05) is 38.1 Å². The van der Waals surface area contributed by atoms with Crippen LogP contribution in [0.3, 0.4) is 0 Å². The lowest BCUT2D eigenvalue weighted by atomic mass is 10.00. The van der Waals surface area contributed by atoms with Gasteiger partial charge in [-0.05, 0) is 56.4 Å². The second-order valence-electron chi connectivity index (χ2n) is 6.87. The smallest absolute Gasteiger partial charge is 0.274 e. The number of benzene rings is 1. The van der Waals surface area contributed by atoms with Crippen LogP contribution in [-0.2, 0) is 0 Å². The maximum atomic E-state index is 12.6. The van der Waals surface area contributed by atoms with Gasteiger partial charge in [0, 0.05) is 30.7 Å². The van der Waals surface area contributed by atoms with E-state index >= 15 is 0 Å². The summed E-state index contributed by atoms with van der Waals surface area (Å²) in [7, 11) is 0. The number of hydrogen-bond acceptors (Lipinski definition) is 3. The highest BCUT2D eigenvalue weighted by molar-refractivity contribution is 6.03. The van der Waals surface area contributed by atoms with Crippen molar-refractivity contribution in [3.63, 3.8) is 0 Å². The van der Waals surface area contributed by atoms with Crippen LogP contribution in [0.5, 0.6) is 0 Å². The van der Waals surface area contributed by atoms with E-state index in [0.29, 0.717) is 11.6 Å². The topological polar surface area (TPSA) is 45.2 Å². The van der Waals surface area contributed by atoms with Gasteiger partial charge in [-0.15, -0.1) is 0 Å². The molecule has 1 aliphatic rings. The standard InChI is InChI=1S/C20H25N3O/c1-14-6-7-18(16(3)11-14)22-20(24)19-12-17(8-9-21-19)23-10-4-5-15(2)13-23/h6-9,11-12,15H,4-5,10,13H2,1-3H3,(H,22,24). The Morgan fingerprint density at radius 2 is 2.08 bits per heavy atom. The van der Waals surface area contributed by atoms with Crippen LogP contribution in [0.1, 0.15) is 41.4 Å². The number of pyridine rings is 1. The third-order valence-electron chi connectivity index (χ3n) is 4.63. The summed E-state index contributed by atoms with van der Waals surface area (Å²) in [5, 5.41) is 2.97. The summed E-state index contributed by atoms with van der Waals surface area (Å²) in [6.45, 7) is 8.42. The molecule has 2 heterocycles. The molecule has 24 heavy (non-hydrogen) atoms. The molecule has 1 aromatic carbocycles. The van der Waals surface area contributed by atoms with Gasteiger partial charge in [-0.25, -0.2) is 0 Å². The van der Waals surface area contributed by atoms with Gasteiger partial charge in [-0.3, -0.25) is 9.78 Å². The Morgan fingerprint density at radius 1 is 1.25 bits per heavy atom. The van der Waals surface area contributed by atoms with Crippen LogP contribution in [0.2, 0.25) is 0 Å². The summed E-state index contributed by atoms with van der Waals surface area (Å²) in [5.41, 5.74) is 4.63. The fraction of sp³-hybridized carbons (Fsp3) is 0.400. The van der Waals surface area contributed by atoms with Gasteiger partial charge in [0.15, 0.2) is 0 Å². The fourth-order valence-corrected chi connectivity index (χ4v) is 3.30. The average molecular weight is 323 g/mol. The zero-order valence-electron chi connectivity index (χ0n) is 14.7. The molecule has 4 nitrogen and oxygen atoms in total. The molecule has 1 aliphatic heterocycles. The van der Waals surface area contributed by atoms with Gasteiger partial charge < -0.3 is 10.2 Å². The van der Waals surface area contributed by atoms with E-state index < -0.39 is 0 Å².